The molecule has 4 rings (SSSR count). The van der Waals surface area contributed by atoms with Crippen LogP contribution in [0.1, 0.15) is 67.7 Å². The van der Waals surface area contributed by atoms with Gasteiger partial charge in [0.05, 0.1) is 30.6 Å². The van der Waals surface area contributed by atoms with Crippen LogP contribution in [0.25, 0.3) is 11.0 Å². The molecular weight excluding hydrogens is 598 g/mol. The SMILES string of the molecule is CCCCCCOC.CCOC(=O)CCN(C(=O)c1ccc2c(c1)nc(CN)n2C)c1ccccn1.NC(=NC=O)c1ccccc1. The van der Waals surface area contributed by atoms with Gasteiger partial charge in [-0.25, -0.2) is 9.97 Å². The van der Waals surface area contributed by atoms with Crippen molar-refractivity contribution < 1.29 is 23.9 Å². The number of nitrogens with zero attached hydrogens (tertiary/aromatic N) is 5. The molecule has 12 heteroatoms. The Morgan fingerprint density at radius 3 is 2.36 bits per heavy atom. The van der Waals surface area contributed by atoms with Crippen molar-refractivity contribution in [2.24, 2.45) is 23.5 Å². The topological polar surface area (TPSA) is 168 Å². The second-order valence-electron chi connectivity index (χ2n) is 10.2. The average molecular weight is 646 g/mol. The normalized spacial score (nSPS) is 10.7. The molecule has 47 heavy (non-hydrogen) atoms. The lowest BCUT2D eigenvalue weighted by atomic mass is 10.1. The Morgan fingerprint density at radius 1 is 1.00 bits per heavy atom. The fourth-order valence-corrected chi connectivity index (χ4v) is 4.40. The fourth-order valence-electron chi connectivity index (χ4n) is 4.40. The first-order valence-corrected chi connectivity index (χ1v) is 15.7. The number of aliphatic imine (C=N–C) groups is 1. The second-order valence-corrected chi connectivity index (χ2v) is 10.2. The van der Waals surface area contributed by atoms with Crippen LogP contribution in [-0.4, -0.2) is 65.5 Å². The van der Waals surface area contributed by atoms with Crippen LogP contribution in [0, 0.1) is 0 Å². The van der Waals surface area contributed by atoms with Gasteiger partial charge in [-0.15, -0.1) is 0 Å². The first-order valence-electron chi connectivity index (χ1n) is 15.7. The second kappa shape index (κ2) is 21.7. The van der Waals surface area contributed by atoms with E-state index in [1.165, 1.54) is 30.6 Å². The molecule has 0 unspecified atom stereocenters. The van der Waals surface area contributed by atoms with Crippen LogP contribution < -0.4 is 16.4 Å². The van der Waals surface area contributed by atoms with Gasteiger partial charge in [-0.2, -0.15) is 4.99 Å². The van der Waals surface area contributed by atoms with Gasteiger partial charge in [0.2, 0.25) is 6.41 Å². The number of amides is 2. The highest BCUT2D eigenvalue weighted by Crippen LogP contribution is 2.20. The summed E-state index contributed by atoms with van der Waals surface area (Å²) in [6, 6.07) is 19.7. The molecule has 0 saturated heterocycles. The number of pyridine rings is 1. The zero-order valence-electron chi connectivity index (χ0n) is 27.8. The molecule has 2 heterocycles. The molecule has 0 aliphatic rings. The summed E-state index contributed by atoms with van der Waals surface area (Å²) in [7, 11) is 3.64. The molecule has 4 N–H and O–H groups in total. The number of ether oxygens (including phenoxy) is 2. The van der Waals surface area contributed by atoms with Crippen LogP contribution in [0.3, 0.4) is 0 Å². The van der Waals surface area contributed by atoms with E-state index < -0.39 is 0 Å². The van der Waals surface area contributed by atoms with E-state index in [1.54, 1.807) is 62.7 Å². The van der Waals surface area contributed by atoms with Crippen molar-refractivity contribution in [1.29, 1.82) is 0 Å². The van der Waals surface area contributed by atoms with Crippen LogP contribution in [-0.2, 0) is 32.7 Å². The van der Waals surface area contributed by atoms with Crippen molar-refractivity contribution in [2.45, 2.75) is 52.5 Å². The maximum atomic E-state index is 13.2. The fraction of sp³-hybridized carbons (Fsp3) is 0.371. The number of fused-ring (bicyclic) bond motifs is 1. The van der Waals surface area contributed by atoms with Crippen LogP contribution in [0.2, 0.25) is 0 Å². The summed E-state index contributed by atoms with van der Waals surface area (Å²) in [6.45, 7) is 5.68. The van der Waals surface area contributed by atoms with Gasteiger partial charge in [0.15, 0.2) is 0 Å². The molecule has 2 aromatic carbocycles. The molecule has 0 saturated carbocycles. The number of carbonyl (C=O) groups excluding carboxylic acids is 3. The number of nitrogens with two attached hydrogens (primary N) is 2. The molecule has 0 fully saturated rings. The molecule has 252 valence electrons. The van der Waals surface area contributed by atoms with E-state index >= 15 is 0 Å². The Kier molecular flexibility index (Phi) is 17.7. The number of methoxy groups -OCH3 is 1. The maximum Gasteiger partial charge on any atom is 0.307 e. The van der Waals surface area contributed by atoms with E-state index in [0.717, 1.165) is 23.5 Å². The smallest absolute Gasteiger partial charge is 0.307 e. The number of esters is 1. The third-order valence-corrected chi connectivity index (χ3v) is 6.88. The van der Waals surface area contributed by atoms with Gasteiger partial charge in [0.25, 0.3) is 5.91 Å². The van der Waals surface area contributed by atoms with Crippen molar-refractivity contribution in [3.8, 4) is 0 Å². The number of aryl methyl sites for hydroxylation is 1. The highest BCUT2D eigenvalue weighted by atomic mass is 16.5. The Bertz CT molecular complexity index is 1540. The van der Waals surface area contributed by atoms with Crippen LogP contribution >= 0.6 is 0 Å². The molecule has 12 nitrogen and oxygen atoms in total. The van der Waals surface area contributed by atoms with Gasteiger partial charge in [0, 0.05) is 44.6 Å². The Morgan fingerprint density at radius 2 is 1.74 bits per heavy atom. The number of hydrogen-bond donors (Lipinski definition) is 2. The molecular formula is C35H47N7O5. The lowest BCUT2D eigenvalue weighted by Gasteiger charge is -2.21. The van der Waals surface area contributed by atoms with Gasteiger partial charge >= 0.3 is 5.97 Å². The minimum absolute atomic E-state index is 0.0826. The van der Waals surface area contributed by atoms with E-state index in [9.17, 15) is 14.4 Å². The summed E-state index contributed by atoms with van der Waals surface area (Å²) in [4.78, 5) is 48.5. The maximum absolute atomic E-state index is 13.2. The van der Waals surface area contributed by atoms with Crippen molar-refractivity contribution in [3.63, 3.8) is 0 Å². The molecule has 0 bridgehead atoms. The number of aromatic nitrogens is 3. The van der Waals surface area contributed by atoms with Gasteiger partial charge in [-0.05, 0) is 43.7 Å². The molecule has 0 atom stereocenters. The van der Waals surface area contributed by atoms with E-state index in [2.05, 4.69) is 21.9 Å². The third-order valence-electron chi connectivity index (χ3n) is 6.88. The number of benzene rings is 2. The molecule has 0 aliphatic heterocycles. The molecule has 0 radical (unpaired) electrons. The van der Waals surface area contributed by atoms with Gasteiger partial charge < -0.3 is 25.5 Å². The molecule has 2 amide bonds. The minimum atomic E-state index is -0.357. The minimum Gasteiger partial charge on any atom is -0.466 e. The number of imidazole rings is 1. The Balaban J connectivity index is 0.000000330. The van der Waals surface area contributed by atoms with Crippen LogP contribution in [0.4, 0.5) is 5.82 Å². The van der Waals surface area contributed by atoms with E-state index in [4.69, 9.17) is 20.9 Å². The monoisotopic (exact) mass is 645 g/mol. The predicted molar refractivity (Wildman–Crippen MR) is 185 cm³/mol. The summed E-state index contributed by atoms with van der Waals surface area (Å²) < 4.78 is 11.8. The highest BCUT2D eigenvalue weighted by Gasteiger charge is 2.21. The van der Waals surface area contributed by atoms with Crippen molar-refractivity contribution in [2.75, 3.05) is 31.8 Å². The Labute approximate surface area is 276 Å². The van der Waals surface area contributed by atoms with Crippen LogP contribution in [0.15, 0.2) is 77.9 Å². The average Bonchev–Trinajstić information content (AvgIpc) is 3.43. The molecule has 2 aromatic heterocycles. The number of hydrogen-bond acceptors (Lipinski definition) is 8. The first kappa shape index (κ1) is 38.2. The molecule has 0 spiro atoms. The molecule has 4 aromatic rings. The Hall–Kier alpha value is -4.94. The predicted octanol–water partition coefficient (Wildman–Crippen LogP) is 4.79. The number of unbranched alkanes of at least 4 members (excludes halogenated alkanes) is 3. The number of anilines is 1. The summed E-state index contributed by atoms with van der Waals surface area (Å²) in [6.07, 6.45) is 7.33. The highest BCUT2D eigenvalue weighted by molar-refractivity contribution is 6.07. The van der Waals surface area contributed by atoms with Gasteiger partial charge in [-0.1, -0.05) is 62.6 Å². The zero-order chi connectivity index (χ0) is 34.4. The summed E-state index contributed by atoms with van der Waals surface area (Å²) in [5.74, 6) is 0.846. The largest absolute Gasteiger partial charge is 0.466 e. The van der Waals surface area contributed by atoms with Crippen LogP contribution in [0.5, 0.6) is 0 Å². The van der Waals surface area contributed by atoms with E-state index in [-0.39, 0.29) is 30.7 Å². The zero-order valence-corrected chi connectivity index (χ0v) is 27.8. The molecule has 0 aliphatic carbocycles. The van der Waals surface area contributed by atoms with E-state index in [1.807, 2.05) is 35.9 Å². The van der Waals surface area contributed by atoms with Gasteiger partial charge in [-0.3, -0.25) is 19.3 Å². The number of carbonyl (C=O) groups is 3. The first-order chi connectivity index (χ1) is 22.8. The number of amidine groups is 1. The standard InChI is InChI=1S/C20H23N5O3.C8H8N2O.C7H16O/c1-3-28-19(26)9-11-25(17-6-4-5-10-22-17)20(27)14-7-8-16-15(12-14)23-18(13-21)24(16)2;9-8(10-6-11)7-4-2-1-3-5-7;1-3-4-5-6-7-8-2/h4-8,10,12H,3,9,11,13,21H2,1-2H3;1-6H,(H2,9,10,11);3-7H2,1-2H3. The van der Waals surface area contributed by atoms with Gasteiger partial charge in [0.1, 0.15) is 17.5 Å². The summed E-state index contributed by atoms with van der Waals surface area (Å²) >= 11 is 0. The van der Waals surface area contributed by atoms with Crippen molar-refractivity contribution in [3.05, 3.63) is 89.9 Å². The lowest BCUT2D eigenvalue weighted by Crippen LogP contribution is -2.34. The summed E-state index contributed by atoms with van der Waals surface area (Å²) in [5.41, 5.74) is 14.0. The van der Waals surface area contributed by atoms with E-state index in [0.29, 0.717) is 36.5 Å². The lowest BCUT2D eigenvalue weighted by molar-refractivity contribution is -0.142. The quantitative estimate of drug-likeness (QED) is 0.0644. The summed E-state index contributed by atoms with van der Waals surface area (Å²) in [5, 5.41) is 0. The van der Waals surface area contributed by atoms with Crippen molar-refractivity contribution in [1.82, 2.24) is 14.5 Å². The third kappa shape index (κ3) is 12.8. The number of rotatable bonds is 14. The van der Waals surface area contributed by atoms with Crippen molar-refractivity contribution >= 4 is 41.0 Å².